The van der Waals surface area contributed by atoms with E-state index in [1.807, 2.05) is 6.92 Å². The van der Waals surface area contributed by atoms with E-state index in [9.17, 15) is 14.0 Å². The molecule has 158 valence electrons. The number of aromatic nitrogens is 1. The third-order valence-electron chi connectivity index (χ3n) is 5.15. The Kier molecular flexibility index (Phi) is 5.86. The predicted molar refractivity (Wildman–Crippen MR) is 115 cm³/mol. The van der Waals surface area contributed by atoms with Crippen LogP contribution in [0.1, 0.15) is 34.5 Å². The Bertz CT molecular complexity index is 1140. The molecule has 0 radical (unpaired) electrons. The van der Waals surface area contributed by atoms with E-state index in [0.717, 1.165) is 11.1 Å². The van der Waals surface area contributed by atoms with Crippen LogP contribution in [-0.4, -0.2) is 28.3 Å². The number of anilines is 1. The third kappa shape index (κ3) is 4.51. The molecule has 2 heterocycles. The van der Waals surface area contributed by atoms with Crippen molar-refractivity contribution in [1.82, 2.24) is 9.88 Å². The van der Waals surface area contributed by atoms with E-state index in [2.05, 4.69) is 10.3 Å². The molecular formula is C23H19ClFN3O3. The third-order valence-corrected chi connectivity index (χ3v) is 5.46. The molecule has 1 aromatic heterocycles. The maximum Gasteiger partial charge on any atom is 0.261 e. The highest BCUT2D eigenvalue weighted by Gasteiger charge is 2.27. The quantitative estimate of drug-likeness (QED) is 0.603. The van der Waals surface area contributed by atoms with Crippen molar-refractivity contribution in [2.75, 3.05) is 11.9 Å². The van der Waals surface area contributed by atoms with Crippen LogP contribution >= 0.6 is 11.6 Å². The molecule has 1 aliphatic heterocycles. The molecule has 0 bridgehead atoms. The molecule has 2 aromatic carbocycles. The van der Waals surface area contributed by atoms with Crippen LogP contribution < -0.4 is 10.1 Å². The molecule has 3 aromatic rings. The number of hydrogen-bond acceptors (Lipinski definition) is 4. The maximum absolute atomic E-state index is 13.3. The van der Waals surface area contributed by atoms with Crippen LogP contribution in [0.15, 0.2) is 60.8 Å². The second kappa shape index (κ2) is 8.73. The maximum atomic E-state index is 13.3. The molecule has 0 saturated carbocycles. The van der Waals surface area contributed by atoms with Crippen molar-refractivity contribution in [2.45, 2.75) is 19.5 Å². The summed E-state index contributed by atoms with van der Waals surface area (Å²) >= 11 is 6.00. The zero-order valence-corrected chi connectivity index (χ0v) is 17.4. The fourth-order valence-electron chi connectivity index (χ4n) is 3.44. The Morgan fingerprint density at radius 3 is 2.74 bits per heavy atom. The first-order valence-electron chi connectivity index (χ1n) is 9.65. The number of nitrogens with zero attached hydrogens (tertiary/aromatic N) is 2. The number of pyridine rings is 1. The summed E-state index contributed by atoms with van der Waals surface area (Å²) in [5.41, 5.74) is 2.36. The van der Waals surface area contributed by atoms with E-state index in [-0.39, 0.29) is 47.5 Å². The summed E-state index contributed by atoms with van der Waals surface area (Å²) in [7, 11) is 0. The number of hydrogen-bond donors (Lipinski definition) is 1. The van der Waals surface area contributed by atoms with Crippen LogP contribution in [0, 0.1) is 5.82 Å². The first-order valence-corrected chi connectivity index (χ1v) is 10.0. The number of carbonyl (C=O) groups is 2. The molecule has 1 N–H and O–H groups in total. The van der Waals surface area contributed by atoms with Gasteiger partial charge in [0.25, 0.3) is 11.8 Å². The van der Waals surface area contributed by atoms with Gasteiger partial charge in [-0.15, -0.1) is 0 Å². The Morgan fingerprint density at radius 2 is 2.00 bits per heavy atom. The first kappa shape index (κ1) is 20.8. The topological polar surface area (TPSA) is 71.5 Å². The zero-order valence-electron chi connectivity index (χ0n) is 16.6. The summed E-state index contributed by atoms with van der Waals surface area (Å²) in [6.07, 6.45) is 1.51. The van der Waals surface area contributed by atoms with E-state index in [1.165, 1.54) is 18.3 Å². The van der Waals surface area contributed by atoms with Gasteiger partial charge in [0.05, 0.1) is 18.2 Å². The normalized spacial score (nSPS) is 14.3. The second-order valence-corrected chi connectivity index (χ2v) is 7.51. The van der Waals surface area contributed by atoms with Crippen LogP contribution in [0.4, 0.5) is 10.1 Å². The number of benzene rings is 2. The summed E-state index contributed by atoms with van der Waals surface area (Å²) in [6.45, 7) is 2.06. The summed E-state index contributed by atoms with van der Waals surface area (Å²) in [5.74, 6) is -0.332. The van der Waals surface area contributed by atoms with Gasteiger partial charge in [0.2, 0.25) is 0 Å². The highest BCUT2D eigenvalue weighted by atomic mass is 35.5. The minimum Gasteiger partial charge on any atom is -0.483 e. The molecular weight excluding hydrogens is 421 g/mol. The monoisotopic (exact) mass is 439 g/mol. The van der Waals surface area contributed by atoms with Crippen LogP contribution in [0.5, 0.6) is 5.75 Å². The molecule has 4 rings (SSSR count). The number of nitrogens with one attached hydrogen (secondary N) is 1. The number of carbonyl (C=O) groups excluding carboxylic acids is 2. The van der Waals surface area contributed by atoms with Crippen molar-refractivity contribution in [3.63, 3.8) is 0 Å². The number of fused-ring (bicyclic) bond motifs is 1. The van der Waals surface area contributed by atoms with Crippen molar-refractivity contribution in [3.05, 3.63) is 88.5 Å². The van der Waals surface area contributed by atoms with Crippen molar-refractivity contribution in [3.8, 4) is 5.75 Å². The first-order chi connectivity index (χ1) is 14.9. The molecule has 8 heteroatoms. The smallest absolute Gasteiger partial charge is 0.261 e. The molecule has 1 unspecified atom stereocenters. The fourth-order valence-corrected chi connectivity index (χ4v) is 3.65. The lowest BCUT2D eigenvalue weighted by Gasteiger charge is -2.28. The van der Waals surface area contributed by atoms with Crippen molar-refractivity contribution >= 4 is 29.1 Å². The fraction of sp³-hybridized carbons (Fsp3) is 0.174. The molecule has 0 fully saturated rings. The number of ether oxygens (including phenoxy) is 1. The Balaban J connectivity index is 1.58. The standard InChI is InChI=1S/C23H19ClFN3O3/c1-14(15-4-6-17(25)7-5-15)28-12-16-11-18(8-9-20(16)31-13-21(28)29)27-23(30)19-3-2-10-26-22(19)24/h2-11,14H,12-13H2,1H3,(H,27,30). The Labute approximate surface area is 183 Å². The van der Waals surface area contributed by atoms with E-state index in [0.29, 0.717) is 11.4 Å². The average Bonchev–Trinajstić information content (AvgIpc) is 2.92. The van der Waals surface area contributed by atoms with Crippen LogP contribution in [0.3, 0.4) is 0 Å². The minimum atomic E-state index is -0.389. The number of halogens is 2. The molecule has 1 aliphatic rings. The lowest BCUT2D eigenvalue weighted by molar-refractivity contribution is -0.135. The van der Waals surface area contributed by atoms with Gasteiger partial charge in [-0.3, -0.25) is 9.59 Å². The van der Waals surface area contributed by atoms with Crippen LogP contribution in [0.25, 0.3) is 0 Å². The molecule has 0 spiro atoms. The van der Waals surface area contributed by atoms with Gasteiger partial charge in [-0.25, -0.2) is 9.37 Å². The summed E-state index contributed by atoms with van der Waals surface area (Å²) in [5, 5.41) is 2.91. The van der Waals surface area contributed by atoms with Gasteiger partial charge in [-0.1, -0.05) is 23.7 Å². The van der Waals surface area contributed by atoms with Gasteiger partial charge in [-0.05, 0) is 55.0 Å². The van der Waals surface area contributed by atoms with E-state index < -0.39 is 0 Å². The van der Waals surface area contributed by atoms with Crippen LogP contribution in [0.2, 0.25) is 5.15 Å². The summed E-state index contributed by atoms with van der Waals surface area (Å²) < 4.78 is 18.9. The molecule has 0 aliphatic carbocycles. The summed E-state index contributed by atoms with van der Waals surface area (Å²) in [6, 6.07) is 14.2. The molecule has 31 heavy (non-hydrogen) atoms. The van der Waals surface area contributed by atoms with E-state index >= 15 is 0 Å². The number of rotatable bonds is 4. The second-order valence-electron chi connectivity index (χ2n) is 7.16. The lowest BCUT2D eigenvalue weighted by atomic mass is 10.1. The highest BCUT2D eigenvalue weighted by Crippen LogP contribution is 2.31. The summed E-state index contributed by atoms with van der Waals surface area (Å²) in [4.78, 5) is 30.8. The van der Waals surface area contributed by atoms with Gasteiger partial charge >= 0.3 is 0 Å². The van der Waals surface area contributed by atoms with Gasteiger partial charge in [0.1, 0.15) is 16.7 Å². The van der Waals surface area contributed by atoms with Crippen LogP contribution in [-0.2, 0) is 11.3 Å². The van der Waals surface area contributed by atoms with Gasteiger partial charge < -0.3 is 15.0 Å². The van der Waals surface area contributed by atoms with E-state index in [4.69, 9.17) is 16.3 Å². The molecule has 6 nitrogen and oxygen atoms in total. The van der Waals surface area contributed by atoms with E-state index in [1.54, 1.807) is 47.4 Å². The predicted octanol–water partition coefficient (Wildman–Crippen LogP) is 4.61. The van der Waals surface area contributed by atoms with Gasteiger partial charge in [0, 0.05) is 17.4 Å². The Hall–Kier alpha value is -3.45. The largest absolute Gasteiger partial charge is 0.483 e. The van der Waals surface area contributed by atoms with Gasteiger partial charge in [0.15, 0.2) is 6.61 Å². The highest BCUT2D eigenvalue weighted by molar-refractivity contribution is 6.33. The molecule has 2 amide bonds. The van der Waals surface area contributed by atoms with Crippen molar-refractivity contribution in [2.24, 2.45) is 0 Å². The average molecular weight is 440 g/mol. The number of amides is 2. The van der Waals surface area contributed by atoms with Crippen molar-refractivity contribution < 1.29 is 18.7 Å². The van der Waals surface area contributed by atoms with Crippen molar-refractivity contribution in [1.29, 1.82) is 0 Å². The molecule has 1 atom stereocenters. The zero-order chi connectivity index (χ0) is 22.0. The minimum absolute atomic E-state index is 0.102. The Morgan fingerprint density at radius 1 is 1.23 bits per heavy atom. The van der Waals surface area contributed by atoms with Gasteiger partial charge in [-0.2, -0.15) is 0 Å². The SMILES string of the molecule is CC(c1ccc(F)cc1)N1Cc2cc(NC(=O)c3cccnc3Cl)ccc2OCC1=O. The molecule has 0 saturated heterocycles. The lowest BCUT2D eigenvalue weighted by Crippen LogP contribution is -2.34.